The van der Waals surface area contributed by atoms with Crippen LogP contribution in [0.5, 0.6) is 0 Å². The number of carbonyl (C=O) groups excluding carboxylic acids is 2. The summed E-state index contributed by atoms with van der Waals surface area (Å²) < 4.78 is 0. The molecular weight excluding hydrogens is 276 g/mol. The van der Waals surface area contributed by atoms with Crippen LogP contribution in [0.2, 0.25) is 0 Å². The highest BCUT2D eigenvalue weighted by atomic mass is 16.2. The minimum atomic E-state index is -0.160. The summed E-state index contributed by atoms with van der Waals surface area (Å²) in [4.78, 5) is 26.0. The van der Waals surface area contributed by atoms with Crippen molar-refractivity contribution in [2.24, 2.45) is 0 Å². The van der Waals surface area contributed by atoms with Crippen molar-refractivity contribution >= 4 is 23.2 Å². The molecule has 0 radical (unpaired) electrons. The Kier molecular flexibility index (Phi) is 3.67. The lowest BCUT2D eigenvalue weighted by Crippen LogP contribution is -2.42. The average molecular weight is 294 g/mol. The summed E-state index contributed by atoms with van der Waals surface area (Å²) in [5, 5.41) is 2.79. The molecule has 0 unspecified atom stereocenters. The average Bonchev–Trinajstić information content (AvgIpc) is 2.49. The Hall–Kier alpha value is -2.62. The highest BCUT2D eigenvalue weighted by Crippen LogP contribution is 2.29. The fraction of sp³-hybridized carbons (Fsp3) is 0.222. The first-order valence-electron chi connectivity index (χ1n) is 7.30. The van der Waals surface area contributed by atoms with Gasteiger partial charge in [-0.05, 0) is 37.1 Å². The molecule has 3 rings (SSSR count). The predicted octanol–water partition coefficient (Wildman–Crippen LogP) is 2.83. The third-order valence-corrected chi connectivity index (χ3v) is 3.91. The molecule has 1 N–H and O–H groups in total. The first-order valence-corrected chi connectivity index (χ1v) is 7.30. The van der Waals surface area contributed by atoms with Crippen LogP contribution in [0.25, 0.3) is 0 Å². The Bertz CT molecular complexity index is 753. The maximum atomic E-state index is 12.7. The van der Waals surface area contributed by atoms with Gasteiger partial charge in [-0.25, -0.2) is 0 Å². The van der Waals surface area contributed by atoms with Crippen LogP contribution in [0, 0.1) is 13.8 Å². The molecule has 0 atom stereocenters. The lowest BCUT2D eigenvalue weighted by atomic mass is 10.0. The molecule has 1 aliphatic heterocycles. The van der Waals surface area contributed by atoms with E-state index in [4.69, 9.17) is 0 Å². The number of nitrogens with one attached hydrogen (secondary N) is 1. The van der Waals surface area contributed by atoms with E-state index in [-0.39, 0.29) is 18.4 Å². The Morgan fingerprint density at radius 1 is 1.18 bits per heavy atom. The minimum Gasteiger partial charge on any atom is -0.323 e. The summed E-state index contributed by atoms with van der Waals surface area (Å²) in [6.45, 7) is 4.11. The number of carbonyl (C=O) groups is 2. The van der Waals surface area contributed by atoms with Crippen molar-refractivity contribution in [1.82, 2.24) is 0 Å². The van der Waals surface area contributed by atoms with Crippen molar-refractivity contribution < 1.29 is 9.59 Å². The maximum Gasteiger partial charge on any atom is 0.244 e. The van der Waals surface area contributed by atoms with Gasteiger partial charge in [-0.2, -0.15) is 0 Å². The molecule has 1 aliphatic rings. The van der Waals surface area contributed by atoms with Gasteiger partial charge in [0.1, 0.15) is 6.54 Å². The second kappa shape index (κ2) is 5.64. The Labute approximate surface area is 129 Å². The number of amides is 2. The molecule has 2 aromatic rings. The largest absolute Gasteiger partial charge is 0.323 e. The standard InChI is InChI=1S/C18H18N2O2/c1-12-7-8-14(13(2)9-12)10-18(22)20-11-17(21)19-15-5-3-4-6-16(15)20/h3-9H,10-11H2,1-2H3,(H,19,21). The van der Waals surface area contributed by atoms with E-state index in [0.717, 1.165) is 16.8 Å². The number of anilines is 2. The maximum absolute atomic E-state index is 12.7. The SMILES string of the molecule is Cc1ccc(CC(=O)N2CC(=O)Nc3ccccc32)c(C)c1. The fourth-order valence-electron chi connectivity index (χ4n) is 2.76. The van der Waals surface area contributed by atoms with E-state index >= 15 is 0 Å². The zero-order valence-electron chi connectivity index (χ0n) is 12.7. The third-order valence-electron chi connectivity index (χ3n) is 3.91. The van der Waals surface area contributed by atoms with Gasteiger partial charge in [0, 0.05) is 0 Å². The summed E-state index contributed by atoms with van der Waals surface area (Å²) in [6, 6.07) is 13.4. The zero-order valence-corrected chi connectivity index (χ0v) is 12.7. The molecule has 0 saturated carbocycles. The van der Waals surface area contributed by atoms with Crippen LogP contribution in [0.1, 0.15) is 16.7 Å². The van der Waals surface area contributed by atoms with Gasteiger partial charge < -0.3 is 10.2 Å². The second-order valence-electron chi connectivity index (χ2n) is 5.65. The first-order chi connectivity index (χ1) is 10.5. The van der Waals surface area contributed by atoms with Crippen LogP contribution in [-0.4, -0.2) is 18.4 Å². The van der Waals surface area contributed by atoms with E-state index in [9.17, 15) is 9.59 Å². The number of para-hydroxylation sites is 2. The van der Waals surface area contributed by atoms with Crippen molar-refractivity contribution in [2.75, 3.05) is 16.8 Å². The molecule has 2 aromatic carbocycles. The molecular formula is C18H18N2O2. The van der Waals surface area contributed by atoms with Gasteiger partial charge in [0.05, 0.1) is 17.8 Å². The summed E-state index contributed by atoms with van der Waals surface area (Å²) in [6.07, 6.45) is 0.299. The van der Waals surface area contributed by atoms with Crippen LogP contribution in [0.4, 0.5) is 11.4 Å². The molecule has 0 aromatic heterocycles. The van der Waals surface area contributed by atoms with Gasteiger partial charge in [0.15, 0.2) is 0 Å². The number of aryl methyl sites for hydroxylation is 2. The second-order valence-corrected chi connectivity index (χ2v) is 5.65. The first kappa shape index (κ1) is 14.3. The van der Waals surface area contributed by atoms with E-state index in [0.29, 0.717) is 12.1 Å². The van der Waals surface area contributed by atoms with E-state index in [1.807, 2.05) is 50.2 Å². The number of hydrogen-bond acceptors (Lipinski definition) is 2. The quantitative estimate of drug-likeness (QED) is 0.926. The van der Waals surface area contributed by atoms with Crippen LogP contribution >= 0.6 is 0 Å². The summed E-state index contributed by atoms with van der Waals surface area (Å²) in [7, 11) is 0. The lowest BCUT2D eigenvalue weighted by molar-refractivity contribution is -0.121. The van der Waals surface area contributed by atoms with Gasteiger partial charge in [0.25, 0.3) is 0 Å². The fourth-order valence-corrected chi connectivity index (χ4v) is 2.76. The monoisotopic (exact) mass is 294 g/mol. The smallest absolute Gasteiger partial charge is 0.244 e. The zero-order chi connectivity index (χ0) is 15.7. The highest BCUT2D eigenvalue weighted by Gasteiger charge is 2.26. The molecule has 0 aliphatic carbocycles. The molecule has 0 bridgehead atoms. The Morgan fingerprint density at radius 2 is 1.95 bits per heavy atom. The number of benzene rings is 2. The normalized spacial score (nSPS) is 13.5. The molecule has 4 nitrogen and oxygen atoms in total. The van der Waals surface area contributed by atoms with E-state index in [1.54, 1.807) is 4.90 Å². The summed E-state index contributed by atoms with van der Waals surface area (Å²) >= 11 is 0. The summed E-state index contributed by atoms with van der Waals surface area (Å²) in [5.74, 6) is -0.220. The van der Waals surface area contributed by atoms with E-state index in [2.05, 4.69) is 11.4 Å². The van der Waals surface area contributed by atoms with Crippen molar-refractivity contribution in [3.05, 3.63) is 59.2 Å². The van der Waals surface area contributed by atoms with Crippen molar-refractivity contribution in [2.45, 2.75) is 20.3 Å². The molecule has 0 fully saturated rings. The van der Waals surface area contributed by atoms with Crippen molar-refractivity contribution in [3.8, 4) is 0 Å². The number of hydrogen-bond donors (Lipinski definition) is 1. The Morgan fingerprint density at radius 3 is 2.73 bits per heavy atom. The Balaban J connectivity index is 1.88. The molecule has 22 heavy (non-hydrogen) atoms. The van der Waals surface area contributed by atoms with Gasteiger partial charge in [0.2, 0.25) is 11.8 Å². The van der Waals surface area contributed by atoms with Gasteiger partial charge in [-0.3, -0.25) is 9.59 Å². The van der Waals surface area contributed by atoms with Crippen molar-refractivity contribution in [3.63, 3.8) is 0 Å². The minimum absolute atomic E-state index is 0.0609. The summed E-state index contributed by atoms with van der Waals surface area (Å²) in [5.41, 5.74) is 4.73. The topological polar surface area (TPSA) is 49.4 Å². The lowest BCUT2D eigenvalue weighted by Gasteiger charge is -2.29. The van der Waals surface area contributed by atoms with E-state index in [1.165, 1.54) is 5.56 Å². The molecule has 2 amide bonds. The number of nitrogens with zero attached hydrogens (tertiary/aromatic N) is 1. The van der Waals surface area contributed by atoms with Gasteiger partial charge >= 0.3 is 0 Å². The van der Waals surface area contributed by atoms with Crippen LogP contribution in [0.3, 0.4) is 0 Å². The van der Waals surface area contributed by atoms with Crippen LogP contribution in [0.15, 0.2) is 42.5 Å². The van der Waals surface area contributed by atoms with Crippen LogP contribution < -0.4 is 10.2 Å². The number of fused-ring (bicyclic) bond motifs is 1. The predicted molar refractivity (Wildman–Crippen MR) is 87.0 cm³/mol. The highest BCUT2D eigenvalue weighted by molar-refractivity contribution is 6.10. The number of rotatable bonds is 2. The third kappa shape index (κ3) is 2.72. The molecule has 112 valence electrons. The van der Waals surface area contributed by atoms with Gasteiger partial charge in [-0.15, -0.1) is 0 Å². The van der Waals surface area contributed by atoms with Crippen molar-refractivity contribution in [1.29, 1.82) is 0 Å². The van der Waals surface area contributed by atoms with Gasteiger partial charge in [-0.1, -0.05) is 35.9 Å². The molecule has 0 saturated heterocycles. The molecule has 4 heteroatoms. The van der Waals surface area contributed by atoms with Crippen LogP contribution in [-0.2, 0) is 16.0 Å². The van der Waals surface area contributed by atoms with E-state index < -0.39 is 0 Å². The molecule has 1 heterocycles. The molecule has 0 spiro atoms.